The van der Waals surface area contributed by atoms with E-state index in [2.05, 4.69) is 72.3 Å². The molecule has 31 heteroatoms. The molecule has 0 aliphatic carbocycles. The van der Waals surface area contributed by atoms with Gasteiger partial charge in [0, 0.05) is 62.7 Å². The van der Waals surface area contributed by atoms with E-state index < -0.39 is 6.10 Å². The summed E-state index contributed by atoms with van der Waals surface area (Å²) < 4.78 is 33.1. The topological polar surface area (TPSA) is 297 Å². The van der Waals surface area contributed by atoms with Gasteiger partial charge in [-0.05, 0) is 50.6 Å². The molecule has 1 unspecified atom stereocenters. The minimum absolute atomic E-state index is 0. The van der Waals surface area contributed by atoms with Crippen LogP contribution in [0.25, 0.3) is 168 Å². The lowest BCUT2D eigenvalue weighted by atomic mass is 10.0. The molecular formula is C108H114Cl5FN20O5. The maximum atomic E-state index is 14.0. The van der Waals surface area contributed by atoms with Crippen LogP contribution in [0.5, 0.6) is 0 Å². The van der Waals surface area contributed by atoms with Crippen LogP contribution in [-0.2, 0) is 35.7 Å². The van der Waals surface area contributed by atoms with Crippen molar-refractivity contribution in [3.63, 3.8) is 0 Å². The van der Waals surface area contributed by atoms with Gasteiger partial charge in [-0.1, -0.05) is 384 Å². The maximum Gasteiger partial charge on any atom is 0.183 e. The summed E-state index contributed by atoms with van der Waals surface area (Å²) in [5, 5.41) is 102. The zero-order valence-electron chi connectivity index (χ0n) is 71.0. The molecule has 0 saturated carbocycles. The van der Waals surface area contributed by atoms with Gasteiger partial charge in [-0.15, -0.1) is 51.0 Å². The first-order valence-corrected chi connectivity index (χ1v) is 43.8. The van der Waals surface area contributed by atoms with Crippen LogP contribution >= 0.6 is 58.0 Å². The van der Waals surface area contributed by atoms with Crippen molar-refractivity contribution in [2.45, 2.75) is 119 Å². The number of methoxy groups -OCH3 is 1. The number of aliphatic hydroxyl groups excluding tert-OH is 3. The van der Waals surface area contributed by atoms with Gasteiger partial charge in [0.2, 0.25) is 0 Å². The van der Waals surface area contributed by atoms with E-state index in [1.807, 2.05) is 285 Å². The van der Waals surface area contributed by atoms with Crippen molar-refractivity contribution in [2.75, 3.05) is 40.1 Å². The van der Waals surface area contributed by atoms with Gasteiger partial charge in [-0.2, -0.15) is 25.5 Å². The Hall–Kier alpha value is -13.9. The van der Waals surface area contributed by atoms with Gasteiger partial charge < -0.3 is 24.8 Å². The number of benzene rings is 10. The second-order valence-electron chi connectivity index (χ2n) is 30.6. The number of halogens is 6. The number of ether oxygens (including phenoxy) is 2. The van der Waals surface area contributed by atoms with E-state index in [9.17, 15) is 19.7 Å². The maximum absolute atomic E-state index is 14.0. The third-order valence-corrected chi connectivity index (χ3v) is 23.3. The van der Waals surface area contributed by atoms with Gasteiger partial charge in [-0.25, -0.2) is 27.8 Å². The summed E-state index contributed by atoms with van der Waals surface area (Å²) in [5.41, 5.74) is 20.5. The SMILES string of the molecule is C.C.C.C.C.C.C.C.CC(O)Cn1nc(-c2ccccc2)c2c(Cl)c(-c3ccccc3)nnc21.COCCn1nc(-c2ccccc2)c2c(Cl)c(-c3ccccc3)nnc21.Cc1cc(F)cc(-c2nn(CCO)c3nnc(-c4ccccc4)c(Cl)c23)c1.Cc1cccc(-c2nn(CCO)c3nnc(-c4ccccc4)c(Cl)c23)c1.Clc1c(-c2ccccc2)nnc2c1c(-c1ccccc1)nn2C1COC1. The number of fused-ring (bicyclic) bond motifs is 5. The van der Waals surface area contributed by atoms with E-state index in [1.54, 1.807) is 32.8 Å². The first kappa shape index (κ1) is 109. The molecule has 3 N–H and O–H groups in total. The highest BCUT2D eigenvalue weighted by Crippen LogP contribution is 2.45. The highest BCUT2D eigenvalue weighted by atomic mass is 35.5. The van der Waals surface area contributed by atoms with Gasteiger partial charge >= 0.3 is 0 Å². The molecule has 1 aliphatic rings. The Morgan fingerprint density at radius 1 is 0.324 bits per heavy atom. The molecule has 0 radical (unpaired) electrons. The smallest absolute Gasteiger partial charge is 0.183 e. The summed E-state index contributed by atoms with van der Waals surface area (Å²) in [5.74, 6) is -0.351. The summed E-state index contributed by atoms with van der Waals surface area (Å²) in [4.78, 5) is 0. The zero-order chi connectivity index (χ0) is 90.6. The van der Waals surface area contributed by atoms with Crippen LogP contribution in [0.3, 0.4) is 0 Å². The zero-order valence-corrected chi connectivity index (χ0v) is 74.8. The standard InChI is InChI=1S/C20H16ClFN4O.C20H15ClN4O.3C20H17ClN4O.8CH4/c1-12-9-14(11-15(22)10-12)18-16-17(21)19(13-5-3-2-4-6-13)23-24-20(16)26(25-18)7-8-27;21-17-16-18(13-7-3-1-4-8-13)24-25(15-11-26-12-15)20(16)23-22-19(17)14-9-5-2-6-10-14;1-26-13-12-25-20-16(18(24-25)14-8-4-2-5-9-14)17(21)19(22-23-20)15-10-6-3-7-11-15;1-13(26)12-25-20-16(18(24-25)14-8-4-2-5-9-14)17(21)19(22-23-20)15-10-6-3-7-11-15;1-13-6-5-9-15(12-13)18-16-17(21)19(14-7-3-2-4-8-14)22-23-20(16)25(24-18)10-11-26;;;;;;;;/h2-6,9-11,27H,7-8H2,1H3;1-10,15H,11-12H2;2-11H,12-13H2,1H3;2-11,13,26H,12H2,1H3;2-9,12,26H,10-11H2,1H3;8*1H4. The van der Waals surface area contributed by atoms with Crippen molar-refractivity contribution < 1.29 is 29.2 Å². The van der Waals surface area contributed by atoms with E-state index in [4.69, 9.17) is 77.7 Å². The summed E-state index contributed by atoms with van der Waals surface area (Å²) >= 11 is 33.9. The molecule has 10 aromatic carbocycles. The van der Waals surface area contributed by atoms with E-state index in [0.29, 0.717) is 138 Å². The Morgan fingerprint density at radius 3 is 0.885 bits per heavy atom. The minimum Gasteiger partial charge on any atom is -0.394 e. The second-order valence-corrected chi connectivity index (χ2v) is 32.5. The van der Waals surface area contributed by atoms with Crippen LogP contribution in [-0.4, -0.2) is 161 Å². The summed E-state index contributed by atoms with van der Waals surface area (Å²) in [6.07, 6.45) is -0.559. The van der Waals surface area contributed by atoms with Gasteiger partial charge in [0.1, 0.15) is 68.8 Å². The quantitative estimate of drug-likeness (QED) is 0.0638. The molecule has 11 heterocycles. The fourth-order valence-electron chi connectivity index (χ4n) is 15.2. The normalized spacial score (nSPS) is 11.4. The Kier molecular flexibility index (Phi) is 39.1. The van der Waals surface area contributed by atoms with Crippen molar-refractivity contribution in [1.82, 2.24) is 99.9 Å². The number of rotatable bonds is 20. The summed E-state index contributed by atoms with van der Waals surface area (Å²) in [7, 11) is 1.66. The molecular weight excluding hydrogens is 1850 g/mol. The minimum atomic E-state index is -0.559. The first-order valence-electron chi connectivity index (χ1n) is 41.9. The van der Waals surface area contributed by atoms with E-state index in [0.717, 1.165) is 106 Å². The number of aliphatic hydroxyl groups is 3. The Labute approximate surface area is 834 Å². The highest BCUT2D eigenvalue weighted by Gasteiger charge is 2.31. The van der Waals surface area contributed by atoms with Crippen molar-refractivity contribution in [2.24, 2.45) is 0 Å². The average Bonchev–Trinajstić information content (AvgIpc) is 1.55. The molecule has 21 rings (SSSR count). The number of hydrogen-bond donors (Lipinski definition) is 3. The molecule has 718 valence electrons. The molecule has 0 bridgehead atoms. The largest absolute Gasteiger partial charge is 0.394 e. The number of nitrogens with zero attached hydrogens (tertiary/aromatic N) is 20. The monoisotopic (exact) mass is 1960 g/mol. The van der Waals surface area contributed by atoms with Crippen LogP contribution in [0.4, 0.5) is 4.39 Å². The van der Waals surface area contributed by atoms with Crippen molar-refractivity contribution >= 4 is 113 Å². The van der Waals surface area contributed by atoms with Gasteiger partial charge in [0.05, 0.1) is 117 Å². The molecule has 25 nitrogen and oxygen atoms in total. The Bertz CT molecular complexity index is 7370. The van der Waals surface area contributed by atoms with Crippen molar-refractivity contribution in [3.05, 3.63) is 327 Å². The fraction of sp³-hybridized carbons (Fsp3) is 0.213. The summed E-state index contributed by atoms with van der Waals surface area (Å²) in [6.45, 7) is 8.67. The average molecular weight is 1970 g/mol. The van der Waals surface area contributed by atoms with E-state index in [-0.39, 0.29) is 91.0 Å². The van der Waals surface area contributed by atoms with Crippen LogP contribution < -0.4 is 0 Å². The predicted octanol–water partition coefficient (Wildman–Crippen LogP) is 26.5. The molecule has 0 spiro atoms. The number of hydrogen-bond acceptors (Lipinski definition) is 20. The lowest BCUT2D eigenvalue weighted by molar-refractivity contribution is -0.0268. The number of aryl methyl sites for hydroxylation is 2. The molecule has 10 aromatic heterocycles. The molecule has 1 saturated heterocycles. The van der Waals surface area contributed by atoms with Crippen molar-refractivity contribution in [1.29, 1.82) is 0 Å². The van der Waals surface area contributed by atoms with Gasteiger partial charge in [-0.3, -0.25) is 0 Å². The Balaban J connectivity index is 0.000000192. The molecule has 0 amide bonds. The fourth-order valence-corrected chi connectivity index (χ4v) is 16.9. The third kappa shape index (κ3) is 23.4. The summed E-state index contributed by atoms with van der Waals surface area (Å²) in [6, 6.07) is 91.4. The van der Waals surface area contributed by atoms with Gasteiger partial charge in [0.15, 0.2) is 28.2 Å². The first-order chi connectivity index (χ1) is 64.0. The predicted molar refractivity (Wildman–Crippen MR) is 567 cm³/mol. The van der Waals surface area contributed by atoms with E-state index >= 15 is 0 Å². The van der Waals surface area contributed by atoms with Crippen LogP contribution in [0.15, 0.2) is 285 Å². The Morgan fingerprint density at radius 2 is 0.590 bits per heavy atom. The molecule has 1 fully saturated rings. The highest BCUT2D eigenvalue weighted by molar-refractivity contribution is 6.41. The van der Waals surface area contributed by atoms with Crippen LogP contribution in [0.2, 0.25) is 25.1 Å². The molecule has 20 aromatic rings. The molecule has 139 heavy (non-hydrogen) atoms. The van der Waals surface area contributed by atoms with E-state index in [1.165, 1.54) is 12.1 Å². The lowest BCUT2D eigenvalue weighted by Gasteiger charge is -2.26. The van der Waals surface area contributed by atoms with Crippen molar-refractivity contribution in [3.8, 4) is 113 Å². The lowest BCUT2D eigenvalue weighted by Crippen LogP contribution is -2.31. The molecule has 1 atom stereocenters. The second kappa shape index (κ2) is 49.9. The number of aromatic nitrogens is 20. The van der Waals surface area contributed by atoms with Crippen LogP contribution in [0.1, 0.15) is 83.5 Å². The third-order valence-electron chi connectivity index (χ3n) is 21.5. The van der Waals surface area contributed by atoms with Crippen LogP contribution in [0, 0.1) is 19.7 Å². The molecule has 1 aliphatic heterocycles. The van der Waals surface area contributed by atoms with Gasteiger partial charge in [0.25, 0.3) is 0 Å².